The predicted octanol–water partition coefficient (Wildman–Crippen LogP) is 3.13. The molecular weight excluding hydrogens is 268 g/mol. The monoisotopic (exact) mass is 286 g/mol. The Kier molecular flexibility index (Phi) is 6.42. The van der Waals surface area contributed by atoms with Gasteiger partial charge in [-0.3, -0.25) is 0 Å². The van der Waals surface area contributed by atoms with Crippen molar-refractivity contribution in [3.8, 4) is 5.88 Å². The third kappa shape index (κ3) is 4.49. The fraction of sp³-hybridized carbons (Fsp3) is 0.583. The Labute approximate surface area is 106 Å². The van der Waals surface area contributed by atoms with E-state index in [4.69, 9.17) is 4.74 Å². The molecule has 1 heterocycles. The Bertz CT molecular complexity index is 318. The van der Waals surface area contributed by atoms with Gasteiger partial charge in [0.05, 0.1) is 6.61 Å². The average molecular weight is 287 g/mol. The summed E-state index contributed by atoms with van der Waals surface area (Å²) < 4.78 is 6.59. The van der Waals surface area contributed by atoms with Crippen LogP contribution in [0.15, 0.2) is 16.7 Å². The first kappa shape index (κ1) is 13.5. The second-order valence-electron chi connectivity index (χ2n) is 3.64. The van der Waals surface area contributed by atoms with Crippen LogP contribution in [0.4, 0.5) is 0 Å². The molecule has 0 fully saturated rings. The zero-order chi connectivity index (χ0) is 11.8. The molecule has 0 amide bonds. The molecule has 0 bridgehead atoms. The zero-order valence-electron chi connectivity index (χ0n) is 9.92. The summed E-state index contributed by atoms with van der Waals surface area (Å²) in [5, 5.41) is 3.35. The van der Waals surface area contributed by atoms with Crippen LogP contribution < -0.4 is 10.1 Å². The van der Waals surface area contributed by atoms with Crippen molar-refractivity contribution in [1.29, 1.82) is 0 Å². The lowest BCUT2D eigenvalue weighted by atomic mass is 10.2. The van der Waals surface area contributed by atoms with Crippen LogP contribution in [0.1, 0.15) is 32.3 Å². The van der Waals surface area contributed by atoms with Crippen LogP contribution in [0.3, 0.4) is 0 Å². The standard InChI is InChI=1S/C12H19BrN2O/c1-3-5-14-8-10-7-11(13)9-15-12(10)16-6-4-2/h7,9,14H,3-6,8H2,1-2H3. The molecule has 1 aromatic heterocycles. The molecule has 0 saturated heterocycles. The van der Waals surface area contributed by atoms with Gasteiger partial charge < -0.3 is 10.1 Å². The summed E-state index contributed by atoms with van der Waals surface area (Å²) in [7, 11) is 0. The number of halogens is 1. The van der Waals surface area contributed by atoms with Gasteiger partial charge in [-0.25, -0.2) is 4.98 Å². The van der Waals surface area contributed by atoms with Crippen molar-refractivity contribution >= 4 is 15.9 Å². The minimum Gasteiger partial charge on any atom is -0.477 e. The largest absolute Gasteiger partial charge is 0.477 e. The summed E-state index contributed by atoms with van der Waals surface area (Å²) in [6, 6.07) is 2.06. The summed E-state index contributed by atoms with van der Waals surface area (Å²) in [4.78, 5) is 4.29. The highest BCUT2D eigenvalue weighted by molar-refractivity contribution is 9.10. The maximum Gasteiger partial charge on any atom is 0.217 e. The first-order valence-electron chi connectivity index (χ1n) is 5.75. The Morgan fingerprint density at radius 2 is 2.19 bits per heavy atom. The van der Waals surface area contributed by atoms with Gasteiger partial charge in [0, 0.05) is 22.8 Å². The number of pyridine rings is 1. The Balaban J connectivity index is 2.65. The number of nitrogens with zero attached hydrogens (tertiary/aromatic N) is 1. The van der Waals surface area contributed by atoms with E-state index in [2.05, 4.69) is 46.1 Å². The molecule has 0 radical (unpaired) electrons. The molecule has 0 spiro atoms. The fourth-order valence-corrected chi connectivity index (χ4v) is 1.70. The SMILES string of the molecule is CCCNCc1cc(Br)cnc1OCCC. The molecule has 16 heavy (non-hydrogen) atoms. The van der Waals surface area contributed by atoms with Gasteiger partial charge >= 0.3 is 0 Å². The number of aromatic nitrogens is 1. The molecule has 0 saturated carbocycles. The smallest absolute Gasteiger partial charge is 0.217 e. The average Bonchev–Trinajstić information content (AvgIpc) is 2.28. The normalized spacial score (nSPS) is 10.4. The van der Waals surface area contributed by atoms with E-state index in [1.807, 2.05) is 0 Å². The summed E-state index contributed by atoms with van der Waals surface area (Å²) in [6.07, 6.45) is 3.90. The summed E-state index contributed by atoms with van der Waals surface area (Å²) in [6.45, 7) is 6.78. The van der Waals surface area contributed by atoms with Gasteiger partial charge in [-0.15, -0.1) is 0 Å². The molecule has 0 unspecified atom stereocenters. The molecule has 1 aromatic rings. The molecule has 0 aliphatic heterocycles. The van der Waals surface area contributed by atoms with Crippen LogP contribution in [-0.4, -0.2) is 18.1 Å². The Morgan fingerprint density at radius 1 is 1.38 bits per heavy atom. The minimum absolute atomic E-state index is 0.718. The first-order chi connectivity index (χ1) is 7.77. The van der Waals surface area contributed by atoms with Crippen LogP contribution in [0, 0.1) is 0 Å². The predicted molar refractivity (Wildman–Crippen MR) is 69.7 cm³/mol. The highest BCUT2D eigenvalue weighted by atomic mass is 79.9. The van der Waals surface area contributed by atoms with E-state index in [1.54, 1.807) is 6.20 Å². The van der Waals surface area contributed by atoms with Gasteiger partial charge in [-0.2, -0.15) is 0 Å². The Morgan fingerprint density at radius 3 is 2.88 bits per heavy atom. The van der Waals surface area contributed by atoms with Crippen molar-refractivity contribution in [2.45, 2.75) is 33.2 Å². The first-order valence-corrected chi connectivity index (χ1v) is 6.55. The fourth-order valence-electron chi connectivity index (χ4n) is 1.32. The van der Waals surface area contributed by atoms with E-state index in [9.17, 15) is 0 Å². The van der Waals surface area contributed by atoms with Gasteiger partial charge in [0.15, 0.2) is 0 Å². The van der Waals surface area contributed by atoms with Crippen molar-refractivity contribution in [3.05, 3.63) is 22.3 Å². The second-order valence-corrected chi connectivity index (χ2v) is 4.56. The maximum absolute atomic E-state index is 5.60. The number of nitrogens with one attached hydrogen (secondary N) is 1. The van der Waals surface area contributed by atoms with E-state index >= 15 is 0 Å². The highest BCUT2D eigenvalue weighted by Gasteiger charge is 2.05. The van der Waals surface area contributed by atoms with Crippen LogP contribution in [0.25, 0.3) is 0 Å². The van der Waals surface area contributed by atoms with Crippen LogP contribution in [0.2, 0.25) is 0 Å². The van der Waals surface area contributed by atoms with Gasteiger partial charge in [-0.05, 0) is 41.4 Å². The molecular formula is C12H19BrN2O. The molecule has 0 aromatic carbocycles. The minimum atomic E-state index is 0.718. The summed E-state index contributed by atoms with van der Waals surface area (Å²) in [5.41, 5.74) is 1.11. The van der Waals surface area contributed by atoms with Crippen LogP contribution >= 0.6 is 15.9 Å². The molecule has 3 nitrogen and oxygen atoms in total. The van der Waals surface area contributed by atoms with Crippen molar-refractivity contribution in [2.24, 2.45) is 0 Å². The van der Waals surface area contributed by atoms with E-state index in [-0.39, 0.29) is 0 Å². The van der Waals surface area contributed by atoms with Gasteiger partial charge in [0.2, 0.25) is 5.88 Å². The molecule has 1 rings (SSSR count). The quantitative estimate of drug-likeness (QED) is 0.782. The van der Waals surface area contributed by atoms with Crippen molar-refractivity contribution in [2.75, 3.05) is 13.2 Å². The summed E-state index contributed by atoms with van der Waals surface area (Å²) in [5.74, 6) is 0.744. The number of rotatable bonds is 7. The van der Waals surface area contributed by atoms with E-state index < -0.39 is 0 Å². The van der Waals surface area contributed by atoms with Crippen molar-refractivity contribution in [3.63, 3.8) is 0 Å². The maximum atomic E-state index is 5.60. The zero-order valence-corrected chi connectivity index (χ0v) is 11.5. The number of hydrogen-bond donors (Lipinski definition) is 1. The lowest BCUT2D eigenvalue weighted by molar-refractivity contribution is 0.301. The van der Waals surface area contributed by atoms with Gasteiger partial charge in [0.25, 0.3) is 0 Å². The second kappa shape index (κ2) is 7.63. The number of ether oxygens (including phenoxy) is 1. The van der Waals surface area contributed by atoms with Crippen LogP contribution in [-0.2, 0) is 6.54 Å². The summed E-state index contributed by atoms with van der Waals surface area (Å²) >= 11 is 3.43. The third-order valence-corrected chi connectivity index (χ3v) is 2.51. The molecule has 0 aliphatic carbocycles. The number of hydrogen-bond acceptors (Lipinski definition) is 3. The van der Waals surface area contributed by atoms with Crippen LogP contribution in [0.5, 0.6) is 5.88 Å². The molecule has 90 valence electrons. The molecule has 4 heteroatoms. The molecule has 1 N–H and O–H groups in total. The third-order valence-electron chi connectivity index (χ3n) is 2.08. The van der Waals surface area contributed by atoms with Gasteiger partial charge in [0.1, 0.15) is 0 Å². The van der Waals surface area contributed by atoms with E-state index in [0.29, 0.717) is 0 Å². The topological polar surface area (TPSA) is 34.2 Å². The van der Waals surface area contributed by atoms with E-state index in [1.165, 1.54) is 0 Å². The lowest BCUT2D eigenvalue weighted by Crippen LogP contribution is -2.15. The lowest BCUT2D eigenvalue weighted by Gasteiger charge is -2.10. The highest BCUT2D eigenvalue weighted by Crippen LogP contribution is 2.20. The Hall–Kier alpha value is -0.610. The van der Waals surface area contributed by atoms with Crippen molar-refractivity contribution in [1.82, 2.24) is 10.3 Å². The van der Waals surface area contributed by atoms with Gasteiger partial charge in [-0.1, -0.05) is 13.8 Å². The van der Waals surface area contributed by atoms with E-state index in [0.717, 1.165) is 48.5 Å². The molecule has 0 atom stereocenters. The van der Waals surface area contributed by atoms with Crippen molar-refractivity contribution < 1.29 is 4.74 Å². The molecule has 0 aliphatic rings.